The zero-order valence-corrected chi connectivity index (χ0v) is 15.2. The molecule has 2 aromatic carbocycles. The molecule has 0 radical (unpaired) electrons. The fraction of sp³-hybridized carbons (Fsp3) is 0.130. The van der Waals surface area contributed by atoms with Gasteiger partial charge in [-0.3, -0.25) is 4.98 Å². The second kappa shape index (κ2) is 9.34. The van der Waals surface area contributed by atoms with Gasteiger partial charge < -0.3 is 9.47 Å². The van der Waals surface area contributed by atoms with E-state index in [9.17, 15) is 4.79 Å². The van der Waals surface area contributed by atoms with Crippen molar-refractivity contribution in [3.05, 3.63) is 101 Å². The number of carbonyl (C=O) groups is 1. The predicted molar refractivity (Wildman–Crippen MR) is 106 cm³/mol. The quantitative estimate of drug-likeness (QED) is 0.574. The number of allylic oxidation sites excluding steroid dienone is 1. The molecule has 0 unspecified atom stereocenters. The summed E-state index contributed by atoms with van der Waals surface area (Å²) in [5.74, 6) is 0.421. The highest BCUT2D eigenvalue weighted by molar-refractivity contribution is 5.89. The number of pyridine rings is 1. The van der Waals surface area contributed by atoms with E-state index >= 15 is 0 Å². The summed E-state index contributed by atoms with van der Waals surface area (Å²) in [5, 5.41) is 0. The number of esters is 1. The van der Waals surface area contributed by atoms with E-state index < -0.39 is 0 Å². The Kier molecular flexibility index (Phi) is 6.36. The number of aromatic nitrogens is 1. The molecule has 0 aliphatic rings. The van der Waals surface area contributed by atoms with E-state index in [1.807, 2.05) is 66.7 Å². The predicted octanol–water partition coefficient (Wildman–Crippen LogP) is 4.70. The average molecular weight is 359 g/mol. The van der Waals surface area contributed by atoms with Gasteiger partial charge in [0.2, 0.25) is 0 Å². The molecular weight excluding hydrogens is 338 g/mol. The molecule has 4 nitrogen and oxygen atoms in total. The van der Waals surface area contributed by atoms with E-state index in [1.165, 1.54) is 7.11 Å². The Labute approximate surface area is 159 Å². The number of carbonyl (C=O) groups excluding carboxylic acids is 1. The van der Waals surface area contributed by atoms with Crippen LogP contribution in [0.4, 0.5) is 0 Å². The normalized spacial score (nSPS) is 10.7. The summed E-state index contributed by atoms with van der Waals surface area (Å²) in [4.78, 5) is 15.9. The lowest BCUT2D eigenvalue weighted by Crippen LogP contribution is -2.00. The van der Waals surface area contributed by atoms with E-state index in [1.54, 1.807) is 18.3 Å². The van der Waals surface area contributed by atoms with Gasteiger partial charge in [-0.15, -0.1) is 0 Å². The van der Waals surface area contributed by atoms with Gasteiger partial charge in [0.05, 0.1) is 12.7 Å². The van der Waals surface area contributed by atoms with Gasteiger partial charge in [-0.25, -0.2) is 4.79 Å². The smallest absolute Gasteiger partial charge is 0.337 e. The molecule has 3 rings (SSSR count). The molecular formula is C23H21NO3. The van der Waals surface area contributed by atoms with Gasteiger partial charge in [0, 0.05) is 6.20 Å². The zero-order valence-electron chi connectivity index (χ0n) is 15.2. The van der Waals surface area contributed by atoms with Crippen LogP contribution < -0.4 is 4.74 Å². The summed E-state index contributed by atoms with van der Waals surface area (Å²) >= 11 is 0. The molecule has 1 heterocycles. The van der Waals surface area contributed by atoms with Crippen molar-refractivity contribution in [1.82, 2.24) is 4.98 Å². The monoisotopic (exact) mass is 359 g/mol. The molecule has 0 aliphatic carbocycles. The summed E-state index contributed by atoms with van der Waals surface area (Å²) in [6, 6.07) is 21.2. The first-order chi connectivity index (χ1) is 13.3. The van der Waals surface area contributed by atoms with Crippen molar-refractivity contribution in [2.75, 3.05) is 7.11 Å². The SMILES string of the molecule is COC(=O)c1ccc(C/C=C/c2ncccc2OCc2ccccc2)cc1. The summed E-state index contributed by atoms with van der Waals surface area (Å²) in [6.07, 6.45) is 6.47. The Bertz CT molecular complexity index is 902. The zero-order chi connectivity index (χ0) is 18.9. The van der Waals surface area contributed by atoms with Gasteiger partial charge in [-0.1, -0.05) is 48.5 Å². The first kappa shape index (κ1) is 18.4. The van der Waals surface area contributed by atoms with Gasteiger partial charge in [0.1, 0.15) is 18.1 Å². The molecule has 0 saturated carbocycles. The molecule has 1 aromatic heterocycles. The van der Waals surface area contributed by atoms with E-state index in [4.69, 9.17) is 9.47 Å². The third-order valence-electron chi connectivity index (χ3n) is 4.04. The van der Waals surface area contributed by atoms with E-state index in [2.05, 4.69) is 4.98 Å². The minimum Gasteiger partial charge on any atom is -0.487 e. The van der Waals surface area contributed by atoms with Crippen LogP contribution in [0.25, 0.3) is 6.08 Å². The number of benzene rings is 2. The van der Waals surface area contributed by atoms with Crippen LogP contribution in [0.5, 0.6) is 5.75 Å². The van der Waals surface area contributed by atoms with E-state index in [0.717, 1.165) is 29.0 Å². The third kappa shape index (κ3) is 5.28. The lowest BCUT2D eigenvalue weighted by Gasteiger charge is -2.08. The Morgan fingerprint density at radius 1 is 0.963 bits per heavy atom. The summed E-state index contributed by atoms with van der Waals surface area (Å²) < 4.78 is 10.6. The largest absolute Gasteiger partial charge is 0.487 e. The van der Waals surface area contributed by atoms with Crippen LogP contribution in [0, 0.1) is 0 Å². The summed E-state index contributed by atoms with van der Waals surface area (Å²) in [5.41, 5.74) is 3.55. The Morgan fingerprint density at radius 2 is 1.74 bits per heavy atom. The fourth-order valence-corrected chi connectivity index (χ4v) is 2.59. The topological polar surface area (TPSA) is 48.4 Å². The van der Waals surface area contributed by atoms with Crippen LogP contribution in [0.15, 0.2) is 79.0 Å². The summed E-state index contributed by atoms with van der Waals surface area (Å²) in [6.45, 7) is 0.502. The molecule has 136 valence electrons. The van der Waals surface area contributed by atoms with E-state index in [-0.39, 0.29) is 5.97 Å². The number of rotatable bonds is 7. The van der Waals surface area contributed by atoms with Crippen molar-refractivity contribution >= 4 is 12.0 Å². The van der Waals surface area contributed by atoms with Gasteiger partial charge in [0.25, 0.3) is 0 Å². The molecule has 0 spiro atoms. The maximum Gasteiger partial charge on any atom is 0.337 e. The molecule has 0 fully saturated rings. The van der Waals surface area contributed by atoms with Gasteiger partial charge >= 0.3 is 5.97 Å². The van der Waals surface area contributed by atoms with Crippen LogP contribution in [0.1, 0.15) is 27.2 Å². The number of hydrogen-bond donors (Lipinski definition) is 0. The molecule has 0 bridgehead atoms. The first-order valence-corrected chi connectivity index (χ1v) is 8.72. The highest BCUT2D eigenvalue weighted by Gasteiger charge is 2.04. The van der Waals surface area contributed by atoms with Crippen molar-refractivity contribution in [3.8, 4) is 5.75 Å². The fourth-order valence-electron chi connectivity index (χ4n) is 2.59. The highest BCUT2D eigenvalue weighted by atomic mass is 16.5. The molecule has 3 aromatic rings. The molecule has 0 saturated heterocycles. The first-order valence-electron chi connectivity index (χ1n) is 8.72. The standard InChI is InChI=1S/C23H21NO3/c1-26-23(25)20-14-12-18(13-15-20)9-5-10-21-22(11-6-16-24-21)27-17-19-7-3-2-4-8-19/h2-8,10-16H,9,17H2,1H3/b10-5+. The minimum absolute atomic E-state index is 0.328. The highest BCUT2D eigenvalue weighted by Crippen LogP contribution is 2.19. The molecule has 0 atom stereocenters. The van der Waals surface area contributed by atoms with Gasteiger partial charge in [-0.2, -0.15) is 0 Å². The van der Waals surface area contributed by atoms with Crippen LogP contribution in [-0.2, 0) is 17.8 Å². The van der Waals surface area contributed by atoms with Crippen molar-refractivity contribution in [3.63, 3.8) is 0 Å². The second-order valence-corrected chi connectivity index (χ2v) is 5.96. The number of ether oxygens (including phenoxy) is 2. The third-order valence-corrected chi connectivity index (χ3v) is 4.04. The second-order valence-electron chi connectivity index (χ2n) is 5.96. The number of hydrogen-bond acceptors (Lipinski definition) is 4. The van der Waals surface area contributed by atoms with Crippen LogP contribution in [-0.4, -0.2) is 18.1 Å². The van der Waals surface area contributed by atoms with Crippen molar-refractivity contribution in [2.24, 2.45) is 0 Å². The van der Waals surface area contributed by atoms with Crippen LogP contribution in [0.2, 0.25) is 0 Å². The molecule has 0 N–H and O–H groups in total. The number of methoxy groups -OCH3 is 1. The maximum absolute atomic E-state index is 11.5. The van der Waals surface area contributed by atoms with Crippen molar-refractivity contribution < 1.29 is 14.3 Å². The van der Waals surface area contributed by atoms with Gasteiger partial charge in [-0.05, 0) is 47.9 Å². The molecule has 0 aliphatic heterocycles. The lowest BCUT2D eigenvalue weighted by atomic mass is 10.1. The Morgan fingerprint density at radius 3 is 2.48 bits per heavy atom. The van der Waals surface area contributed by atoms with Crippen LogP contribution >= 0.6 is 0 Å². The number of nitrogens with zero attached hydrogens (tertiary/aromatic N) is 1. The van der Waals surface area contributed by atoms with Gasteiger partial charge in [0.15, 0.2) is 0 Å². The molecule has 4 heteroatoms. The van der Waals surface area contributed by atoms with Crippen molar-refractivity contribution in [2.45, 2.75) is 13.0 Å². The van der Waals surface area contributed by atoms with Crippen LogP contribution in [0.3, 0.4) is 0 Å². The Hall–Kier alpha value is -3.40. The van der Waals surface area contributed by atoms with Crippen molar-refractivity contribution in [1.29, 1.82) is 0 Å². The minimum atomic E-state index is -0.328. The Balaban J connectivity index is 1.62. The molecule has 27 heavy (non-hydrogen) atoms. The lowest BCUT2D eigenvalue weighted by molar-refractivity contribution is 0.0600. The average Bonchev–Trinajstić information content (AvgIpc) is 2.74. The summed E-state index contributed by atoms with van der Waals surface area (Å²) in [7, 11) is 1.38. The maximum atomic E-state index is 11.5. The van der Waals surface area contributed by atoms with E-state index in [0.29, 0.717) is 12.2 Å². The molecule has 0 amide bonds.